The third-order valence-electron chi connectivity index (χ3n) is 2.15. The minimum Gasteiger partial charge on any atom is -0.448 e. The van der Waals surface area contributed by atoms with Crippen LogP contribution in [0.15, 0.2) is 30.3 Å². The fourth-order valence-electron chi connectivity index (χ4n) is 1.28. The number of ether oxygens (including phenoxy) is 1. The molecule has 0 unspecified atom stereocenters. The Labute approximate surface area is 94.8 Å². The normalized spacial score (nSPS) is 9.88. The van der Waals surface area contributed by atoms with Gasteiger partial charge in [-0.05, 0) is 25.3 Å². The minimum absolute atomic E-state index is 0.0114. The molecule has 3 nitrogen and oxygen atoms in total. The van der Waals surface area contributed by atoms with Crippen molar-refractivity contribution >= 4 is 6.09 Å². The number of hydrogen-bond donors (Lipinski definition) is 0. The Morgan fingerprint density at radius 2 is 2.06 bits per heavy atom. The molecule has 0 aliphatic rings. The molecule has 1 aromatic carbocycles. The van der Waals surface area contributed by atoms with E-state index in [0.29, 0.717) is 6.42 Å². The lowest BCUT2D eigenvalue weighted by Crippen LogP contribution is -2.23. The Bertz CT molecular complexity index is 316. The molecule has 0 aliphatic carbocycles. The summed E-state index contributed by atoms with van der Waals surface area (Å²) in [6.07, 6.45) is 0.621. The van der Waals surface area contributed by atoms with Crippen molar-refractivity contribution in [3.63, 3.8) is 0 Å². The summed E-state index contributed by atoms with van der Waals surface area (Å²) in [6.45, 7) is 1.80. The van der Waals surface area contributed by atoms with Crippen molar-refractivity contribution in [1.82, 2.24) is 5.12 Å². The van der Waals surface area contributed by atoms with Crippen LogP contribution in [0.1, 0.15) is 18.9 Å². The quantitative estimate of drug-likeness (QED) is 0.569. The molecule has 0 fully saturated rings. The highest BCUT2D eigenvalue weighted by atomic mass is 19.2. The Morgan fingerprint density at radius 1 is 1.38 bits per heavy atom. The Hall–Kier alpha value is -1.58. The predicted molar refractivity (Wildman–Crippen MR) is 59.6 cm³/mol. The molecule has 0 aliphatic heterocycles. The highest BCUT2D eigenvalue weighted by molar-refractivity contribution is 5.65. The van der Waals surface area contributed by atoms with E-state index in [-0.39, 0.29) is 18.3 Å². The molecular weight excluding hydrogens is 209 g/mol. The average molecular weight is 225 g/mol. The molecule has 0 spiro atoms. The summed E-state index contributed by atoms with van der Waals surface area (Å²) < 4.78 is 17.4. The van der Waals surface area contributed by atoms with Crippen LogP contribution in [0.5, 0.6) is 0 Å². The predicted octanol–water partition coefficient (Wildman–Crippen LogP) is 2.96. The molecule has 1 aromatic rings. The van der Waals surface area contributed by atoms with Gasteiger partial charge in [0.2, 0.25) is 0 Å². The van der Waals surface area contributed by atoms with Gasteiger partial charge in [-0.2, -0.15) is 0 Å². The van der Waals surface area contributed by atoms with Gasteiger partial charge in [0.1, 0.15) is 0 Å². The molecule has 88 valence electrons. The molecule has 1 amide bonds. The number of halogens is 1. The van der Waals surface area contributed by atoms with E-state index in [0.717, 1.165) is 6.42 Å². The molecule has 0 bridgehead atoms. The Morgan fingerprint density at radius 3 is 2.69 bits per heavy atom. The summed E-state index contributed by atoms with van der Waals surface area (Å²) in [7, 11) is 0. The molecule has 0 atom stereocenters. The summed E-state index contributed by atoms with van der Waals surface area (Å²) in [5.74, 6) is 0. The van der Waals surface area contributed by atoms with E-state index >= 15 is 0 Å². The van der Waals surface area contributed by atoms with Crippen molar-refractivity contribution in [3.8, 4) is 0 Å². The van der Waals surface area contributed by atoms with Crippen molar-refractivity contribution in [3.05, 3.63) is 35.9 Å². The van der Waals surface area contributed by atoms with Crippen molar-refractivity contribution in [1.29, 1.82) is 0 Å². The Balaban J connectivity index is 2.15. The monoisotopic (exact) mass is 225 g/mol. The lowest BCUT2D eigenvalue weighted by Gasteiger charge is -2.09. The van der Waals surface area contributed by atoms with Crippen molar-refractivity contribution < 1.29 is 14.0 Å². The third-order valence-corrected chi connectivity index (χ3v) is 2.15. The first kappa shape index (κ1) is 12.5. The van der Waals surface area contributed by atoms with Gasteiger partial charge in [-0.15, -0.1) is 5.12 Å². The van der Waals surface area contributed by atoms with Crippen LogP contribution < -0.4 is 0 Å². The van der Waals surface area contributed by atoms with Crippen LogP contribution in [0.3, 0.4) is 0 Å². The second kappa shape index (κ2) is 6.82. The van der Waals surface area contributed by atoms with E-state index in [4.69, 9.17) is 4.74 Å². The van der Waals surface area contributed by atoms with E-state index in [1.54, 1.807) is 6.92 Å². The number of benzene rings is 1. The zero-order chi connectivity index (χ0) is 11.8. The molecule has 0 N–H and O–H groups in total. The molecule has 0 saturated heterocycles. The van der Waals surface area contributed by atoms with Crippen LogP contribution in [0.2, 0.25) is 0 Å². The standard InChI is InChI=1S/C12H16FNO2/c1-2-14(13)12(15)16-10-6-9-11-7-4-3-5-8-11/h3-5,7-8H,2,6,9-10H2,1H3. The van der Waals surface area contributed by atoms with E-state index in [9.17, 15) is 9.28 Å². The zero-order valence-electron chi connectivity index (χ0n) is 9.36. The van der Waals surface area contributed by atoms with Crippen LogP contribution in [-0.2, 0) is 11.2 Å². The van der Waals surface area contributed by atoms with Gasteiger partial charge < -0.3 is 4.74 Å². The molecule has 1 rings (SSSR count). The van der Waals surface area contributed by atoms with Crippen LogP contribution in [-0.4, -0.2) is 24.4 Å². The number of carbonyl (C=O) groups is 1. The number of nitrogens with zero attached hydrogens (tertiary/aromatic N) is 1. The summed E-state index contributed by atoms with van der Waals surface area (Å²) >= 11 is 0. The van der Waals surface area contributed by atoms with Gasteiger partial charge in [0, 0.05) is 0 Å². The summed E-state index contributed by atoms with van der Waals surface area (Å²) in [5, 5.41) is 0.0581. The van der Waals surface area contributed by atoms with Gasteiger partial charge >= 0.3 is 6.09 Å². The number of aryl methyl sites for hydroxylation is 1. The van der Waals surface area contributed by atoms with E-state index < -0.39 is 6.09 Å². The SMILES string of the molecule is CCN(F)C(=O)OCCCc1ccccc1. The van der Waals surface area contributed by atoms with Gasteiger partial charge in [0.15, 0.2) is 0 Å². The maximum atomic E-state index is 12.6. The fourth-order valence-corrected chi connectivity index (χ4v) is 1.28. The van der Waals surface area contributed by atoms with Crippen LogP contribution in [0, 0.1) is 0 Å². The van der Waals surface area contributed by atoms with Crippen molar-refractivity contribution in [2.24, 2.45) is 0 Å². The second-order valence-corrected chi connectivity index (χ2v) is 3.38. The maximum Gasteiger partial charge on any atom is 0.438 e. The smallest absolute Gasteiger partial charge is 0.438 e. The van der Waals surface area contributed by atoms with Gasteiger partial charge in [0.05, 0.1) is 13.2 Å². The van der Waals surface area contributed by atoms with Gasteiger partial charge in [0.25, 0.3) is 0 Å². The topological polar surface area (TPSA) is 29.5 Å². The van der Waals surface area contributed by atoms with Crippen LogP contribution >= 0.6 is 0 Å². The Kier molecular flexibility index (Phi) is 5.32. The summed E-state index contributed by atoms with van der Waals surface area (Å²) in [4.78, 5) is 10.9. The zero-order valence-corrected chi connectivity index (χ0v) is 9.36. The number of hydrogen-bond acceptors (Lipinski definition) is 2. The van der Waals surface area contributed by atoms with E-state index in [2.05, 4.69) is 0 Å². The minimum atomic E-state index is -0.907. The highest BCUT2D eigenvalue weighted by Crippen LogP contribution is 2.03. The third kappa shape index (κ3) is 4.29. The molecule has 0 saturated carbocycles. The maximum absolute atomic E-state index is 12.6. The van der Waals surface area contributed by atoms with Gasteiger partial charge in [-0.25, -0.2) is 4.79 Å². The fraction of sp³-hybridized carbons (Fsp3) is 0.417. The number of rotatable bonds is 5. The molecule has 0 radical (unpaired) electrons. The van der Waals surface area contributed by atoms with E-state index in [1.807, 2.05) is 30.3 Å². The second-order valence-electron chi connectivity index (χ2n) is 3.38. The van der Waals surface area contributed by atoms with Gasteiger partial charge in [-0.1, -0.05) is 34.8 Å². The molecule has 4 heteroatoms. The first-order valence-electron chi connectivity index (χ1n) is 5.38. The molecule has 0 aromatic heterocycles. The lowest BCUT2D eigenvalue weighted by atomic mass is 10.1. The summed E-state index contributed by atoms with van der Waals surface area (Å²) in [5.41, 5.74) is 1.19. The lowest BCUT2D eigenvalue weighted by molar-refractivity contribution is 0.0142. The molecule has 0 heterocycles. The molecule has 16 heavy (non-hydrogen) atoms. The van der Waals surface area contributed by atoms with Crippen LogP contribution in [0.25, 0.3) is 0 Å². The van der Waals surface area contributed by atoms with Crippen molar-refractivity contribution in [2.45, 2.75) is 19.8 Å². The average Bonchev–Trinajstić information content (AvgIpc) is 2.34. The van der Waals surface area contributed by atoms with Crippen molar-refractivity contribution in [2.75, 3.05) is 13.2 Å². The van der Waals surface area contributed by atoms with Gasteiger partial charge in [-0.3, -0.25) is 0 Å². The highest BCUT2D eigenvalue weighted by Gasteiger charge is 2.10. The number of carbonyl (C=O) groups excluding carboxylic acids is 1. The van der Waals surface area contributed by atoms with Crippen LogP contribution in [0.4, 0.5) is 9.28 Å². The number of amides is 1. The first-order valence-corrected chi connectivity index (χ1v) is 5.38. The molecular formula is C12H16FNO2. The first-order chi connectivity index (χ1) is 7.74. The largest absolute Gasteiger partial charge is 0.448 e. The summed E-state index contributed by atoms with van der Waals surface area (Å²) in [6, 6.07) is 9.89. The van der Waals surface area contributed by atoms with E-state index in [1.165, 1.54) is 5.56 Å².